The van der Waals surface area contributed by atoms with Crippen molar-refractivity contribution < 1.29 is 9.53 Å². The molecule has 2 aromatic carbocycles. The number of pyridine rings is 1. The molecule has 0 aliphatic rings. The zero-order valence-corrected chi connectivity index (χ0v) is 15.3. The Morgan fingerprint density at radius 1 is 1.11 bits per heavy atom. The van der Waals surface area contributed by atoms with Gasteiger partial charge in [-0.1, -0.05) is 30.3 Å². The van der Waals surface area contributed by atoms with E-state index >= 15 is 0 Å². The number of primary amides is 1. The topological polar surface area (TPSA) is 94.5 Å². The second-order valence-corrected chi connectivity index (χ2v) is 6.26. The van der Waals surface area contributed by atoms with Crippen LogP contribution in [0, 0.1) is 0 Å². The van der Waals surface area contributed by atoms with Crippen LogP contribution in [0.2, 0.25) is 0 Å². The number of methoxy groups -OCH3 is 1. The van der Waals surface area contributed by atoms with Crippen LogP contribution in [-0.4, -0.2) is 27.6 Å². The van der Waals surface area contributed by atoms with E-state index in [2.05, 4.69) is 15.5 Å². The van der Waals surface area contributed by atoms with Gasteiger partial charge >= 0.3 is 0 Å². The molecule has 1 amide bonds. The molecule has 3 N–H and O–H groups in total. The number of fused-ring (bicyclic) bond motifs is 1. The van der Waals surface area contributed by atoms with Crippen LogP contribution in [0.1, 0.15) is 15.9 Å². The van der Waals surface area contributed by atoms with E-state index in [0.29, 0.717) is 12.1 Å². The molecule has 0 unspecified atom stereocenters. The third-order valence-corrected chi connectivity index (χ3v) is 4.59. The molecule has 4 rings (SSSR count). The molecule has 0 saturated heterocycles. The lowest BCUT2D eigenvalue weighted by Crippen LogP contribution is -2.10. The van der Waals surface area contributed by atoms with Crippen molar-refractivity contribution in [2.24, 2.45) is 5.73 Å². The van der Waals surface area contributed by atoms with Crippen molar-refractivity contribution in [3.05, 3.63) is 78.1 Å². The van der Waals surface area contributed by atoms with E-state index in [4.69, 9.17) is 10.5 Å². The number of hydrogen-bond acceptors (Lipinski definition) is 5. The van der Waals surface area contributed by atoms with Gasteiger partial charge in [0.15, 0.2) is 5.65 Å². The standard InChI is InChI=1S/C21H19N5O2/c1-28-18-5-3-2-4-16(18)12-23-19-11-10-17(21-25-24-13-26(19)21)14-6-8-15(9-7-14)20(22)27/h2-11,13,23H,12H2,1H3,(H2,22,27). The number of carbonyl (C=O) groups is 1. The quantitative estimate of drug-likeness (QED) is 0.541. The smallest absolute Gasteiger partial charge is 0.248 e. The predicted molar refractivity (Wildman–Crippen MR) is 107 cm³/mol. The average molecular weight is 373 g/mol. The summed E-state index contributed by atoms with van der Waals surface area (Å²) in [4.78, 5) is 11.3. The molecule has 0 bridgehead atoms. The summed E-state index contributed by atoms with van der Waals surface area (Å²) in [6.07, 6.45) is 1.67. The second-order valence-electron chi connectivity index (χ2n) is 6.26. The molecule has 2 aromatic heterocycles. The lowest BCUT2D eigenvalue weighted by molar-refractivity contribution is 0.100. The summed E-state index contributed by atoms with van der Waals surface area (Å²) in [7, 11) is 1.66. The lowest BCUT2D eigenvalue weighted by Gasteiger charge is -2.13. The third kappa shape index (κ3) is 3.25. The molecule has 7 nitrogen and oxygen atoms in total. The maximum absolute atomic E-state index is 11.3. The first kappa shape index (κ1) is 17.5. The molecule has 28 heavy (non-hydrogen) atoms. The summed E-state index contributed by atoms with van der Waals surface area (Å²) in [5.74, 6) is 1.25. The average Bonchev–Trinajstić information content (AvgIpc) is 3.22. The minimum atomic E-state index is -0.449. The number of nitrogens with zero attached hydrogens (tertiary/aromatic N) is 3. The van der Waals surface area contributed by atoms with Gasteiger partial charge in [-0.3, -0.25) is 9.20 Å². The fourth-order valence-electron chi connectivity index (χ4n) is 3.13. The van der Waals surface area contributed by atoms with Gasteiger partial charge in [0.2, 0.25) is 5.91 Å². The van der Waals surface area contributed by atoms with Gasteiger partial charge in [-0.2, -0.15) is 0 Å². The highest BCUT2D eigenvalue weighted by Gasteiger charge is 2.11. The minimum Gasteiger partial charge on any atom is -0.496 e. The van der Waals surface area contributed by atoms with Crippen LogP contribution in [0.5, 0.6) is 5.75 Å². The summed E-state index contributed by atoms with van der Waals surface area (Å²) < 4.78 is 7.30. The van der Waals surface area contributed by atoms with E-state index in [0.717, 1.165) is 33.9 Å². The Balaban J connectivity index is 1.65. The van der Waals surface area contributed by atoms with Crippen molar-refractivity contribution in [1.82, 2.24) is 14.6 Å². The maximum atomic E-state index is 11.3. The number of anilines is 1. The molecular formula is C21H19N5O2. The van der Waals surface area contributed by atoms with Crippen molar-refractivity contribution in [3.8, 4) is 16.9 Å². The number of aromatic nitrogens is 3. The second kappa shape index (κ2) is 7.40. The molecule has 0 saturated carbocycles. The van der Waals surface area contributed by atoms with Crippen LogP contribution in [0.15, 0.2) is 67.0 Å². The van der Waals surface area contributed by atoms with Crippen LogP contribution in [0.4, 0.5) is 5.82 Å². The number of para-hydroxylation sites is 1. The number of ether oxygens (including phenoxy) is 1. The Morgan fingerprint density at radius 2 is 1.89 bits per heavy atom. The van der Waals surface area contributed by atoms with Gasteiger partial charge in [-0.25, -0.2) is 0 Å². The third-order valence-electron chi connectivity index (χ3n) is 4.59. The molecular weight excluding hydrogens is 354 g/mol. The highest BCUT2D eigenvalue weighted by atomic mass is 16.5. The molecule has 4 aromatic rings. The Hall–Kier alpha value is -3.87. The molecule has 0 aliphatic heterocycles. The molecule has 0 radical (unpaired) electrons. The zero-order chi connectivity index (χ0) is 19.5. The zero-order valence-electron chi connectivity index (χ0n) is 15.3. The van der Waals surface area contributed by atoms with Crippen molar-refractivity contribution in [2.45, 2.75) is 6.54 Å². The first-order valence-electron chi connectivity index (χ1n) is 8.76. The van der Waals surface area contributed by atoms with Crippen LogP contribution in [-0.2, 0) is 6.54 Å². The Morgan fingerprint density at radius 3 is 2.64 bits per heavy atom. The van der Waals surface area contributed by atoms with Crippen LogP contribution < -0.4 is 15.8 Å². The van der Waals surface area contributed by atoms with E-state index in [-0.39, 0.29) is 0 Å². The van der Waals surface area contributed by atoms with Gasteiger partial charge < -0.3 is 15.8 Å². The molecule has 0 spiro atoms. The molecule has 2 heterocycles. The van der Waals surface area contributed by atoms with Gasteiger partial charge in [0.25, 0.3) is 0 Å². The highest BCUT2D eigenvalue weighted by molar-refractivity contribution is 5.93. The first-order chi connectivity index (χ1) is 13.7. The number of benzene rings is 2. The number of rotatable bonds is 6. The fraction of sp³-hybridized carbons (Fsp3) is 0.0952. The number of hydrogen-bond donors (Lipinski definition) is 2. The van der Waals surface area contributed by atoms with Gasteiger partial charge in [-0.05, 0) is 35.9 Å². The molecule has 0 fully saturated rings. The predicted octanol–water partition coefficient (Wildman–Crippen LogP) is 3.12. The fourth-order valence-corrected chi connectivity index (χ4v) is 3.13. The lowest BCUT2D eigenvalue weighted by atomic mass is 10.0. The summed E-state index contributed by atoms with van der Waals surface area (Å²) in [5.41, 5.74) is 9.40. The number of amides is 1. The van der Waals surface area contributed by atoms with E-state index in [1.807, 2.05) is 52.9 Å². The summed E-state index contributed by atoms with van der Waals surface area (Å²) >= 11 is 0. The Labute approximate surface area is 161 Å². The van der Waals surface area contributed by atoms with Crippen molar-refractivity contribution in [1.29, 1.82) is 0 Å². The van der Waals surface area contributed by atoms with Crippen LogP contribution in [0.25, 0.3) is 16.8 Å². The normalized spacial score (nSPS) is 10.8. The van der Waals surface area contributed by atoms with E-state index < -0.39 is 5.91 Å². The minimum absolute atomic E-state index is 0.449. The molecule has 140 valence electrons. The van der Waals surface area contributed by atoms with Gasteiger partial charge in [-0.15, -0.1) is 10.2 Å². The first-order valence-corrected chi connectivity index (χ1v) is 8.76. The van der Waals surface area contributed by atoms with Gasteiger partial charge in [0.1, 0.15) is 17.9 Å². The van der Waals surface area contributed by atoms with E-state index in [9.17, 15) is 4.79 Å². The van der Waals surface area contributed by atoms with Gasteiger partial charge in [0.05, 0.1) is 7.11 Å². The Bertz CT molecular complexity index is 1140. The Kier molecular flexibility index (Phi) is 4.63. The monoisotopic (exact) mass is 373 g/mol. The molecule has 0 atom stereocenters. The van der Waals surface area contributed by atoms with Crippen molar-refractivity contribution >= 4 is 17.4 Å². The van der Waals surface area contributed by atoms with E-state index in [1.165, 1.54) is 0 Å². The van der Waals surface area contributed by atoms with Crippen LogP contribution >= 0.6 is 0 Å². The van der Waals surface area contributed by atoms with Gasteiger partial charge in [0, 0.05) is 23.2 Å². The van der Waals surface area contributed by atoms with E-state index in [1.54, 1.807) is 25.6 Å². The summed E-state index contributed by atoms with van der Waals surface area (Å²) in [6, 6.07) is 18.9. The largest absolute Gasteiger partial charge is 0.496 e. The van der Waals surface area contributed by atoms with Crippen molar-refractivity contribution in [2.75, 3.05) is 12.4 Å². The number of carbonyl (C=O) groups excluding carboxylic acids is 1. The molecule has 0 aliphatic carbocycles. The summed E-state index contributed by atoms with van der Waals surface area (Å²) in [6.45, 7) is 0.601. The summed E-state index contributed by atoms with van der Waals surface area (Å²) in [5, 5.41) is 11.7. The number of nitrogens with two attached hydrogens (primary N) is 1. The van der Waals surface area contributed by atoms with Crippen molar-refractivity contribution in [3.63, 3.8) is 0 Å². The SMILES string of the molecule is COc1ccccc1CNc1ccc(-c2ccc(C(N)=O)cc2)c2nncn12. The van der Waals surface area contributed by atoms with Crippen LogP contribution in [0.3, 0.4) is 0 Å². The highest BCUT2D eigenvalue weighted by Crippen LogP contribution is 2.27. The molecule has 7 heteroatoms. The number of nitrogens with one attached hydrogen (secondary N) is 1. The maximum Gasteiger partial charge on any atom is 0.248 e.